The molecule has 0 amide bonds. The molecule has 0 bridgehead atoms. The number of benzene rings is 1. The monoisotopic (exact) mass is 281 g/mol. The Balaban J connectivity index is 1.73. The Hall–Kier alpha value is -1.06. The molecule has 0 saturated carbocycles. The number of likely N-dealkylation sites (tertiary alicyclic amines) is 1. The average molecular weight is 282 g/mol. The third-order valence-electron chi connectivity index (χ3n) is 3.71. The van der Waals surface area contributed by atoms with Crippen LogP contribution >= 0.6 is 11.6 Å². The molecule has 1 N–H and O–H groups in total. The first-order valence-electron chi connectivity index (χ1n) is 6.85. The van der Waals surface area contributed by atoms with Crippen molar-refractivity contribution in [3.8, 4) is 0 Å². The van der Waals surface area contributed by atoms with E-state index in [0.29, 0.717) is 6.54 Å². The Labute approximate surface area is 119 Å². The van der Waals surface area contributed by atoms with E-state index in [4.69, 9.17) is 16.7 Å². The van der Waals surface area contributed by atoms with Crippen molar-refractivity contribution in [2.45, 2.75) is 25.7 Å². The van der Waals surface area contributed by atoms with Crippen LogP contribution in [0.4, 0.5) is 0 Å². The van der Waals surface area contributed by atoms with Crippen molar-refractivity contribution in [2.75, 3.05) is 19.6 Å². The average Bonchev–Trinajstić information content (AvgIpc) is 2.41. The molecule has 1 aliphatic rings. The summed E-state index contributed by atoms with van der Waals surface area (Å²) in [6, 6.07) is 7.94. The van der Waals surface area contributed by atoms with Gasteiger partial charge in [-0.1, -0.05) is 23.7 Å². The Kier molecular flexibility index (Phi) is 5.23. The molecule has 1 atom stereocenters. The molecule has 2 rings (SSSR count). The molecule has 19 heavy (non-hydrogen) atoms. The SMILES string of the molecule is O=C(O)C1CCCN(CCCc2ccc(Cl)cc2)C1. The van der Waals surface area contributed by atoms with Gasteiger partial charge in [0.25, 0.3) is 0 Å². The number of aryl methyl sites for hydroxylation is 1. The van der Waals surface area contributed by atoms with Gasteiger partial charge in [-0.25, -0.2) is 0 Å². The fourth-order valence-corrected chi connectivity index (χ4v) is 2.74. The van der Waals surface area contributed by atoms with Crippen molar-refractivity contribution >= 4 is 17.6 Å². The van der Waals surface area contributed by atoms with Gasteiger partial charge >= 0.3 is 5.97 Å². The van der Waals surface area contributed by atoms with E-state index in [9.17, 15) is 4.79 Å². The number of rotatable bonds is 5. The zero-order chi connectivity index (χ0) is 13.7. The molecule has 0 radical (unpaired) electrons. The number of aliphatic carboxylic acids is 1. The van der Waals surface area contributed by atoms with Crippen LogP contribution in [0.15, 0.2) is 24.3 Å². The number of nitrogens with zero attached hydrogens (tertiary/aromatic N) is 1. The number of hydrogen-bond donors (Lipinski definition) is 1. The maximum atomic E-state index is 11.0. The lowest BCUT2D eigenvalue weighted by Gasteiger charge is -2.30. The van der Waals surface area contributed by atoms with E-state index in [2.05, 4.69) is 17.0 Å². The molecule has 1 saturated heterocycles. The summed E-state index contributed by atoms with van der Waals surface area (Å²) >= 11 is 5.85. The minimum absolute atomic E-state index is 0.177. The van der Waals surface area contributed by atoms with E-state index in [0.717, 1.165) is 43.8 Å². The van der Waals surface area contributed by atoms with E-state index in [1.807, 2.05) is 12.1 Å². The molecular formula is C15H20ClNO2. The third-order valence-corrected chi connectivity index (χ3v) is 3.96. The number of carboxylic acid groups (broad SMARTS) is 1. The van der Waals surface area contributed by atoms with Crippen LogP contribution in [-0.2, 0) is 11.2 Å². The maximum Gasteiger partial charge on any atom is 0.307 e. The largest absolute Gasteiger partial charge is 0.481 e. The van der Waals surface area contributed by atoms with Gasteiger partial charge < -0.3 is 10.0 Å². The minimum atomic E-state index is -0.651. The summed E-state index contributed by atoms with van der Waals surface area (Å²) in [6.07, 6.45) is 3.90. The van der Waals surface area contributed by atoms with Crippen LogP contribution in [0.25, 0.3) is 0 Å². The molecule has 0 aromatic heterocycles. The summed E-state index contributed by atoms with van der Waals surface area (Å²) in [5, 5.41) is 9.81. The van der Waals surface area contributed by atoms with Crippen LogP contribution < -0.4 is 0 Å². The molecule has 1 fully saturated rings. The first-order valence-corrected chi connectivity index (χ1v) is 7.22. The highest BCUT2D eigenvalue weighted by molar-refractivity contribution is 6.30. The minimum Gasteiger partial charge on any atom is -0.481 e. The lowest BCUT2D eigenvalue weighted by Crippen LogP contribution is -2.39. The standard InChI is InChI=1S/C15H20ClNO2/c16-14-7-5-12(6-8-14)3-1-9-17-10-2-4-13(11-17)15(18)19/h5-8,13H,1-4,9-11H2,(H,18,19). The summed E-state index contributed by atoms with van der Waals surface area (Å²) in [7, 11) is 0. The van der Waals surface area contributed by atoms with Crippen LogP contribution in [0.5, 0.6) is 0 Å². The Morgan fingerprint density at radius 1 is 1.37 bits per heavy atom. The molecule has 1 heterocycles. The molecule has 1 aliphatic heterocycles. The van der Waals surface area contributed by atoms with E-state index in [1.54, 1.807) is 0 Å². The molecule has 1 unspecified atom stereocenters. The first kappa shape index (κ1) is 14.4. The van der Waals surface area contributed by atoms with Crippen LogP contribution in [0.1, 0.15) is 24.8 Å². The fraction of sp³-hybridized carbons (Fsp3) is 0.533. The van der Waals surface area contributed by atoms with Gasteiger partial charge in [0, 0.05) is 11.6 Å². The topological polar surface area (TPSA) is 40.5 Å². The van der Waals surface area contributed by atoms with Crippen molar-refractivity contribution in [3.05, 3.63) is 34.9 Å². The van der Waals surface area contributed by atoms with E-state index < -0.39 is 5.97 Å². The Bertz CT molecular complexity index is 419. The number of carbonyl (C=O) groups is 1. The molecule has 0 spiro atoms. The molecule has 0 aliphatic carbocycles. The van der Waals surface area contributed by atoms with E-state index in [1.165, 1.54) is 5.56 Å². The summed E-state index contributed by atoms with van der Waals surface area (Å²) < 4.78 is 0. The van der Waals surface area contributed by atoms with Crippen LogP contribution in [-0.4, -0.2) is 35.6 Å². The predicted molar refractivity (Wildman–Crippen MR) is 76.6 cm³/mol. The number of halogens is 1. The van der Waals surface area contributed by atoms with Crippen LogP contribution in [0.2, 0.25) is 5.02 Å². The van der Waals surface area contributed by atoms with Crippen molar-refractivity contribution in [2.24, 2.45) is 5.92 Å². The van der Waals surface area contributed by atoms with Gasteiger partial charge in [-0.3, -0.25) is 4.79 Å². The van der Waals surface area contributed by atoms with Gasteiger partial charge in [0.1, 0.15) is 0 Å². The van der Waals surface area contributed by atoms with Gasteiger partial charge in [0.05, 0.1) is 5.92 Å². The van der Waals surface area contributed by atoms with Crippen LogP contribution in [0.3, 0.4) is 0 Å². The highest BCUT2D eigenvalue weighted by Gasteiger charge is 2.24. The summed E-state index contributed by atoms with van der Waals surface area (Å²) in [5.41, 5.74) is 1.29. The second-order valence-corrected chi connectivity index (χ2v) is 5.64. The predicted octanol–water partition coefficient (Wildman–Crippen LogP) is 3.07. The van der Waals surface area contributed by atoms with Crippen LogP contribution in [0, 0.1) is 5.92 Å². The zero-order valence-electron chi connectivity index (χ0n) is 11.0. The highest BCUT2D eigenvalue weighted by Crippen LogP contribution is 2.17. The van der Waals surface area contributed by atoms with Crippen molar-refractivity contribution < 1.29 is 9.90 Å². The highest BCUT2D eigenvalue weighted by atomic mass is 35.5. The van der Waals surface area contributed by atoms with Gasteiger partial charge in [0.2, 0.25) is 0 Å². The van der Waals surface area contributed by atoms with Crippen molar-refractivity contribution in [1.29, 1.82) is 0 Å². The number of carboxylic acids is 1. The Morgan fingerprint density at radius 3 is 2.79 bits per heavy atom. The third kappa shape index (κ3) is 4.51. The summed E-state index contributed by atoms with van der Waals surface area (Å²) in [6.45, 7) is 2.72. The van der Waals surface area contributed by atoms with Gasteiger partial charge in [0.15, 0.2) is 0 Å². The van der Waals surface area contributed by atoms with Gasteiger partial charge in [-0.05, 0) is 56.5 Å². The van der Waals surface area contributed by atoms with Gasteiger partial charge in [-0.15, -0.1) is 0 Å². The fourth-order valence-electron chi connectivity index (χ4n) is 2.62. The first-order chi connectivity index (χ1) is 9.15. The molecule has 1 aromatic rings. The molecule has 3 nitrogen and oxygen atoms in total. The second-order valence-electron chi connectivity index (χ2n) is 5.21. The zero-order valence-corrected chi connectivity index (χ0v) is 11.8. The van der Waals surface area contributed by atoms with Crippen molar-refractivity contribution in [3.63, 3.8) is 0 Å². The van der Waals surface area contributed by atoms with E-state index in [-0.39, 0.29) is 5.92 Å². The number of piperidine rings is 1. The molecule has 1 aromatic carbocycles. The van der Waals surface area contributed by atoms with E-state index >= 15 is 0 Å². The Morgan fingerprint density at radius 2 is 2.11 bits per heavy atom. The van der Waals surface area contributed by atoms with Gasteiger partial charge in [-0.2, -0.15) is 0 Å². The normalized spacial score (nSPS) is 20.4. The molecule has 104 valence electrons. The summed E-state index contributed by atoms with van der Waals surface area (Å²) in [5.74, 6) is -0.827. The maximum absolute atomic E-state index is 11.0. The summed E-state index contributed by atoms with van der Waals surface area (Å²) in [4.78, 5) is 13.3. The molecule has 4 heteroatoms. The quantitative estimate of drug-likeness (QED) is 0.902. The lowest BCUT2D eigenvalue weighted by molar-refractivity contribution is -0.143. The lowest BCUT2D eigenvalue weighted by atomic mass is 9.98. The number of hydrogen-bond acceptors (Lipinski definition) is 2. The smallest absolute Gasteiger partial charge is 0.307 e. The van der Waals surface area contributed by atoms with Crippen molar-refractivity contribution in [1.82, 2.24) is 4.90 Å². The molecular weight excluding hydrogens is 262 g/mol. The second kappa shape index (κ2) is 6.92.